The summed E-state index contributed by atoms with van der Waals surface area (Å²) in [5.74, 6) is 0. The van der Waals surface area contributed by atoms with Crippen molar-refractivity contribution in [1.29, 1.82) is 0 Å². The standard InChI is InChI=1S/C10H17N3OS/c1-2-8-7-15-10(12-8)13-3-4-14-6-9(13)5-11/h7,9H,2-6,11H2,1H3. The number of anilines is 1. The van der Waals surface area contributed by atoms with E-state index >= 15 is 0 Å². The average Bonchev–Trinajstić information content (AvgIpc) is 2.77. The molecule has 4 nitrogen and oxygen atoms in total. The van der Waals surface area contributed by atoms with Crippen molar-refractivity contribution in [3.8, 4) is 0 Å². The number of aryl methyl sites for hydroxylation is 1. The first kappa shape index (κ1) is 10.9. The molecule has 2 rings (SSSR count). The van der Waals surface area contributed by atoms with Crippen molar-refractivity contribution >= 4 is 16.5 Å². The monoisotopic (exact) mass is 227 g/mol. The number of aromatic nitrogens is 1. The van der Waals surface area contributed by atoms with E-state index in [1.165, 1.54) is 0 Å². The van der Waals surface area contributed by atoms with Gasteiger partial charge in [0.25, 0.3) is 0 Å². The van der Waals surface area contributed by atoms with Crippen LogP contribution in [0.1, 0.15) is 12.6 Å². The fourth-order valence-electron chi connectivity index (χ4n) is 1.69. The lowest BCUT2D eigenvalue weighted by Gasteiger charge is -2.34. The maximum atomic E-state index is 5.73. The molecule has 15 heavy (non-hydrogen) atoms. The predicted octanol–water partition coefficient (Wildman–Crippen LogP) is 0.869. The molecule has 0 saturated carbocycles. The van der Waals surface area contributed by atoms with E-state index in [-0.39, 0.29) is 6.04 Å². The van der Waals surface area contributed by atoms with Crippen LogP contribution in [0.25, 0.3) is 0 Å². The first-order valence-electron chi connectivity index (χ1n) is 5.34. The van der Waals surface area contributed by atoms with Gasteiger partial charge in [-0.2, -0.15) is 0 Å². The first-order valence-corrected chi connectivity index (χ1v) is 6.22. The number of thiazole rings is 1. The van der Waals surface area contributed by atoms with Crippen LogP contribution >= 0.6 is 11.3 Å². The molecule has 2 N–H and O–H groups in total. The number of ether oxygens (including phenoxy) is 1. The second kappa shape index (κ2) is 4.92. The van der Waals surface area contributed by atoms with Crippen molar-refractivity contribution in [2.75, 3.05) is 31.2 Å². The highest BCUT2D eigenvalue weighted by Gasteiger charge is 2.23. The van der Waals surface area contributed by atoms with E-state index < -0.39 is 0 Å². The Hall–Kier alpha value is -0.650. The molecule has 1 aromatic rings. The zero-order valence-electron chi connectivity index (χ0n) is 8.98. The summed E-state index contributed by atoms with van der Waals surface area (Å²) in [6.07, 6.45) is 0.994. The van der Waals surface area contributed by atoms with Crippen LogP contribution in [0.4, 0.5) is 5.13 Å². The van der Waals surface area contributed by atoms with Crippen LogP contribution in [0, 0.1) is 0 Å². The summed E-state index contributed by atoms with van der Waals surface area (Å²) < 4.78 is 5.41. The molecular weight excluding hydrogens is 210 g/mol. The van der Waals surface area contributed by atoms with Gasteiger partial charge in [0.1, 0.15) is 0 Å². The number of nitrogens with zero attached hydrogens (tertiary/aromatic N) is 2. The summed E-state index contributed by atoms with van der Waals surface area (Å²) in [4.78, 5) is 6.86. The Labute approximate surface area is 94.1 Å². The Morgan fingerprint density at radius 1 is 1.73 bits per heavy atom. The van der Waals surface area contributed by atoms with Crippen molar-refractivity contribution in [3.05, 3.63) is 11.1 Å². The molecule has 0 amide bonds. The predicted molar refractivity (Wildman–Crippen MR) is 62.5 cm³/mol. The maximum absolute atomic E-state index is 5.73. The van der Waals surface area contributed by atoms with Crippen LogP contribution in [-0.4, -0.2) is 37.3 Å². The molecule has 5 heteroatoms. The highest BCUT2D eigenvalue weighted by Crippen LogP contribution is 2.24. The smallest absolute Gasteiger partial charge is 0.185 e. The summed E-state index contributed by atoms with van der Waals surface area (Å²) in [7, 11) is 0. The van der Waals surface area contributed by atoms with Gasteiger partial charge in [-0.1, -0.05) is 6.92 Å². The zero-order chi connectivity index (χ0) is 10.7. The lowest BCUT2D eigenvalue weighted by molar-refractivity contribution is 0.0962. The van der Waals surface area contributed by atoms with Gasteiger partial charge in [-0.3, -0.25) is 0 Å². The fraction of sp³-hybridized carbons (Fsp3) is 0.700. The molecule has 0 radical (unpaired) electrons. The minimum atomic E-state index is 0.287. The Balaban J connectivity index is 2.12. The van der Waals surface area contributed by atoms with Crippen molar-refractivity contribution in [2.45, 2.75) is 19.4 Å². The van der Waals surface area contributed by atoms with E-state index in [1.807, 2.05) is 0 Å². The molecule has 1 saturated heterocycles. The minimum absolute atomic E-state index is 0.287. The minimum Gasteiger partial charge on any atom is -0.377 e. The molecule has 1 unspecified atom stereocenters. The van der Waals surface area contributed by atoms with Gasteiger partial charge in [-0.15, -0.1) is 11.3 Å². The van der Waals surface area contributed by atoms with Crippen molar-refractivity contribution in [3.63, 3.8) is 0 Å². The lowest BCUT2D eigenvalue weighted by atomic mass is 10.2. The van der Waals surface area contributed by atoms with Gasteiger partial charge in [0.05, 0.1) is 24.9 Å². The highest BCUT2D eigenvalue weighted by molar-refractivity contribution is 7.13. The summed E-state index contributed by atoms with van der Waals surface area (Å²) in [6, 6.07) is 0.287. The van der Waals surface area contributed by atoms with Crippen LogP contribution in [0.2, 0.25) is 0 Å². The second-order valence-electron chi connectivity index (χ2n) is 3.63. The van der Waals surface area contributed by atoms with E-state index in [9.17, 15) is 0 Å². The van der Waals surface area contributed by atoms with E-state index in [4.69, 9.17) is 10.5 Å². The molecule has 0 aliphatic carbocycles. The van der Waals surface area contributed by atoms with E-state index in [0.29, 0.717) is 6.54 Å². The number of morpholine rings is 1. The van der Waals surface area contributed by atoms with Crippen LogP contribution in [0.15, 0.2) is 5.38 Å². The van der Waals surface area contributed by atoms with Gasteiger partial charge in [0.15, 0.2) is 5.13 Å². The lowest BCUT2D eigenvalue weighted by Crippen LogP contribution is -2.49. The molecule has 1 aromatic heterocycles. The molecule has 1 fully saturated rings. The number of hydrogen-bond acceptors (Lipinski definition) is 5. The van der Waals surface area contributed by atoms with Crippen molar-refractivity contribution in [2.24, 2.45) is 5.73 Å². The van der Waals surface area contributed by atoms with Crippen LogP contribution in [0.5, 0.6) is 0 Å². The van der Waals surface area contributed by atoms with E-state index in [1.54, 1.807) is 11.3 Å². The van der Waals surface area contributed by atoms with E-state index in [0.717, 1.165) is 37.0 Å². The molecule has 1 atom stereocenters. The van der Waals surface area contributed by atoms with E-state index in [2.05, 4.69) is 22.2 Å². The topological polar surface area (TPSA) is 51.4 Å². The number of rotatable bonds is 3. The van der Waals surface area contributed by atoms with Crippen LogP contribution in [-0.2, 0) is 11.2 Å². The largest absolute Gasteiger partial charge is 0.377 e. The second-order valence-corrected chi connectivity index (χ2v) is 4.47. The van der Waals surface area contributed by atoms with Gasteiger partial charge in [-0.25, -0.2) is 4.98 Å². The molecular formula is C10H17N3OS. The summed E-state index contributed by atoms with van der Waals surface area (Å²) >= 11 is 1.70. The number of nitrogens with two attached hydrogens (primary N) is 1. The average molecular weight is 227 g/mol. The zero-order valence-corrected chi connectivity index (χ0v) is 9.80. The van der Waals surface area contributed by atoms with Gasteiger partial charge >= 0.3 is 0 Å². The number of hydrogen-bond donors (Lipinski definition) is 1. The van der Waals surface area contributed by atoms with Crippen molar-refractivity contribution in [1.82, 2.24) is 4.98 Å². The molecule has 0 spiro atoms. The molecule has 0 aromatic carbocycles. The maximum Gasteiger partial charge on any atom is 0.185 e. The van der Waals surface area contributed by atoms with Gasteiger partial charge in [0, 0.05) is 18.5 Å². The van der Waals surface area contributed by atoms with Crippen LogP contribution in [0.3, 0.4) is 0 Å². The molecule has 2 heterocycles. The third kappa shape index (κ3) is 2.30. The Kier molecular flexibility index (Phi) is 3.56. The Morgan fingerprint density at radius 2 is 2.60 bits per heavy atom. The third-order valence-electron chi connectivity index (χ3n) is 2.65. The Morgan fingerprint density at radius 3 is 3.27 bits per heavy atom. The molecule has 0 bridgehead atoms. The van der Waals surface area contributed by atoms with Gasteiger partial charge in [-0.05, 0) is 6.42 Å². The SMILES string of the molecule is CCc1csc(N2CCOCC2CN)n1. The quantitative estimate of drug-likeness (QED) is 0.832. The summed E-state index contributed by atoms with van der Waals surface area (Å²) in [5, 5.41) is 3.21. The summed E-state index contributed by atoms with van der Waals surface area (Å²) in [5.41, 5.74) is 6.89. The third-order valence-corrected chi connectivity index (χ3v) is 3.57. The normalized spacial score (nSPS) is 22.0. The molecule has 84 valence electrons. The highest BCUT2D eigenvalue weighted by atomic mass is 32.1. The van der Waals surface area contributed by atoms with Crippen molar-refractivity contribution < 1.29 is 4.74 Å². The van der Waals surface area contributed by atoms with Gasteiger partial charge in [0.2, 0.25) is 0 Å². The van der Waals surface area contributed by atoms with Crippen LogP contribution < -0.4 is 10.6 Å². The Bertz CT molecular complexity index is 315. The fourth-order valence-corrected chi connectivity index (χ4v) is 2.70. The molecule has 1 aliphatic heterocycles. The first-order chi connectivity index (χ1) is 7.35. The summed E-state index contributed by atoms with van der Waals surface area (Å²) in [6.45, 7) is 5.15. The van der Waals surface area contributed by atoms with Gasteiger partial charge < -0.3 is 15.4 Å². The molecule has 1 aliphatic rings.